The fraction of sp³-hybridized carbons (Fsp3) is 0.0526. The van der Waals surface area contributed by atoms with Gasteiger partial charge in [0.1, 0.15) is 5.75 Å². The van der Waals surface area contributed by atoms with Gasteiger partial charge in [0.15, 0.2) is 5.15 Å². The molecule has 2 aromatic heterocycles. The topological polar surface area (TPSA) is 70.9 Å². The third-order valence-electron chi connectivity index (χ3n) is 4.15. The molecule has 25 heavy (non-hydrogen) atoms. The molecular weight excluding hydrogens is 338 g/mol. The van der Waals surface area contributed by atoms with E-state index < -0.39 is 0 Å². The zero-order valence-corrected chi connectivity index (χ0v) is 13.9. The summed E-state index contributed by atoms with van der Waals surface area (Å²) in [6, 6.07) is 14.4. The maximum Gasteiger partial charge on any atom is 0.258 e. The van der Waals surface area contributed by atoms with E-state index in [1.807, 2.05) is 24.3 Å². The van der Waals surface area contributed by atoms with Crippen molar-refractivity contribution in [2.75, 3.05) is 0 Å². The normalized spacial score (nSPS) is 11.1. The fourth-order valence-electron chi connectivity index (χ4n) is 2.91. The van der Waals surface area contributed by atoms with Crippen LogP contribution in [0.4, 0.5) is 0 Å². The van der Waals surface area contributed by atoms with Crippen LogP contribution in [0.2, 0.25) is 5.15 Å². The van der Waals surface area contributed by atoms with Crippen LogP contribution in [-0.2, 0) is 6.54 Å². The van der Waals surface area contributed by atoms with E-state index in [1.165, 1.54) is 0 Å². The summed E-state index contributed by atoms with van der Waals surface area (Å²) in [7, 11) is 0. The molecule has 6 heteroatoms. The molecule has 0 fully saturated rings. The molecule has 0 aliphatic carbocycles. The minimum atomic E-state index is -0.0781. The number of nitrogens with zero attached hydrogens (tertiary/aromatic N) is 2. The molecule has 0 aliphatic rings. The Morgan fingerprint density at radius 3 is 2.80 bits per heavy atom. The SMILES string of the molecule is O=c1c2ccc(-c3c[nH]nc3Cl)cc2ccn1Cc1cccc(O)c1. The van der Waals surface area contributed by atoms with Crippen LogP contribution in [-0.4, -0.2) is 19.9 Å². The first-order valence-corrected chi connectivity index (χ1v) is 8.10. The summed E-state index contributed by atoms with van der Waals surface area (Å²) >= 11 is 6.06. The van der Waals surface area contributed by atoms with E-state index in [2.05, 4.69) is 10.2 Å². The first-order valence-electron chi connectivity index (χ1n) is 7.72. The van der Waals surface area contributed by atoms with Crippen LogP contribution in [0.1, 0.15) is 5.56 Å². The number of hydrogen-bond acceptors (Lipinski definition) is 3. The molecule has 0 aliphatic heterocycles. The number of aromatic nitrogens is 3. The van der Waals surface area contributed by atoms with Crippen LogP contribution < -0.4 is 5.56 Å². The number of phenolic OH excluding ortho intramolecular Hbond substituents is 1. The number of hydrogen-bond donors (Lipinski definition) is 2. The Morgan fingerprint density at radius 1 is 1.16 bits per heavy atom. The van der Waals surface area contributed by atoms with Crippen LogP contribution >= 0.6 is 11.6 Å². The minimum absolute atomic E-state index is 0.0781. The van der Waals surface area contributed by atoms with E-state index in [4.69, 9.17) is 11.6 Å². The summed E-state index contributed by atoms with van der Waals surface area (Å²) in [6.07, 6.45) is 3.49. The smallest absolute Gasteiger partial charge is 0.258 e. The van der Waals surface area contributed by atoms with E-state index in [1.54, 1.807) is 41.2 Å². The molecular formula is C19H14ClN3O2. The Kier molecular flexibility index (Phi) is 3.78. The molecule has 0 saturated carbocycles. The Balaban J connectivity index is 1.76. The van der Waals surface area contributed by atoms with Crippen molar-refractivity contribution < 1.29 is 5.11 Å². The number of fused-ring (bicyclic) bond motifs is 1. The molecule has 4 rings (SSSR count). The molecule has 2 heterocycles. The first kappa shape index (κ1) is 15.5. The van der Waals surface area contributed by atoms with Gasteiger partial charge >= 0.3 is 0 Å². The molecule has 0 radical (unpaired) electrons. The highest BCUT2D eigenvalue weighted by Crippen LogP contribution is 2.27. The number of halogens is 1. The van der Waals surface area contributed by atoms with Crippen LogP contribution in [0.25, 0.3) is 21.9 Å². The average molecular weight is 352 g/mol. The summed E-state index contributed by atoms with van der Waals surface area (Å²) in [6.45, 7) is 0.401. The van der Waals surface area contributed by atoms with E-state index in [-0.39, 0.29) is 11.3 Å². The zero-order valence-electron chi connectivity index (χ0n) is 13.1. The number of aromatic amines is 1. The number of phenols is 1. The molecule has 0 atom stereocenters. The molecule has 5 nitrogen and oxygen atoms in total. The van der Waals surface area contributed by atoms with Gasteiger partial charge in [0, 0.05) is 23.3 Å². The predicted molar refractivity (Wildman–Crippen MR) is 98.0 cm³/mol. The van der Waals surface area contributed by atoms with Gasteiger partial charge in [-0.3, -0.25) is 9.89 Å². The van der Waals surface area contributed by atoms with Gasteiger partial charge in [0.25, 0.3) is 5.56 Å². The van der Waals surface area contributed by atoms with Gasteiger partial charge in [-0.2, -0.15) is 5.10 Å². The quantitative estimate of drug-likeness (QED) is 0.589. The lowest BCUT2D eigenvalue weighted by molar-refractivity contribution is 0.474. The van der Waals surface area contributed by atoms with Crippen LogP contribution in [0.3, 0.4) is 0 Å². The molecule has 124 valence electrons. The number of aromatic hydroxyl groups is 1. The second-order valence-electron chi connectivity index (χ2n) is 5.81. The van der Waals surface area contributed by atoms with E-state index in [0.29, 0.717) is 17.1 Å². The standard InChI is InChI=1S/C19H14ClN3O2/c20-18-17(10-21-22-18)13-4-5-16-14(9-13)6-7-23(19(16)25)11-12-2-1-3-15(24)8-12/h1-10,24H,11H2,(H,21,22). The van der Waals surface area contributed by atoms with Gasteiger partial charge < -0.3 is 9.67 Å². The Bertz CT molecular complexity index is 1130. The fourth-order valence-corrected chi connectivity index (χ4v) is 3.12. The summed E-state index contributed by atoms with van der Waals surface area (Å²) < 4.78 is 1.63. The molecule has 0 spiro atoms. The maximum absolute atomic E-state index is 12.7. The molecule has 4 aromatic rings. The van der Waals surface area contributed by atoms with Crippen molar-refractivity contribution in [1.29, 1.82) is 0 Å². The largest absolute Gasteiger partial charge is 0.508 e. The van der Waals surface area contributed by atoms with Crippen LogP contribution in [0.15, 0.2) is 65.7 Å². The predicted octanol–water partition coefficient (Wildman–Crippen LogP) is 3.80. The second-order valence-corrected chi connectivity index (χ2v) is 6.17. The first-order chi connectivity index (χ1) is 12.1. The zero-order chi connectivity index (χ0) is 17.4. The number of nitrogens with one attached hydrogen (secondary N) is 1. The van der Waals surface area contributed by atoms with Crippen LogP contribution in [0, 0.1) is 0 Å². The lowest BCUT2D eigenvalue weighted by Crippen LogP contribution is -2.19. The Morgan fingerprint density at radius 2 is 2.04 bits per heavy atom. The van der Waals surface area contributed by atoms with Crippen LogP contribution in [0.5, 0.6) is 5.75 Å². The number of rotatable bonds is 3. The Labute approximate surface area is 148 Å². The van der Waals surface area contributed by atoms with Gasteiger partial charge in [0.2, 0.25) is 0 Å². The van der Waals surface area contributed by atoms with E-state index in [9.17, 15) is 9.90 Å². The van der Waals surface area contributed by atoms with Crippen molar-refractivity contribution in [1.82, 2.24) is 14.8 Å². The minimum Gasteiger partial charge on any atom is -0.508 e. The van der Waals surface area contributed by atoms with E-state index in [0.717, 1.165) is 22.1 Å². The summed E-state index contributed by atoms with van der Waals surface area (Å²) in [4.78, 5) is 12.7. The summed E-state index contributed by atoms with van der Waals surface area (Å²) in [5.74, 6) is 0.188. The van der Waals surface area contributed by atoms with E-state index >= 15 is 0 Å². The highest BCUT2D eigenvalue weighted by Gasteiger charge is 2.09. The molecule has 2 aromatic carbocycles. The third kappa shape index (κ3) is 2.90. The third-order valence-corrected chi connectivity index (χ3v) is 4.43. The van der Waals surface area contributed by atoms with Crippen molar-refractivity contribution in [2.24, 2.45) is 0 Å². The lowest BCUT2D eigenvalue weighted by Gasteiger charge is -2.09. The number of benzene rings is 2. The number of H-pyrrole nitrogens is 1. The lowest BCUT2D eigenvalue weighted by atomic mass is 10.0. The molecule has 0 amide bonds. The van der Waals surface area contributed by atoms with Crippen molar-refractivity contribution >= 4 is 22.4 Å². The summed E-state index contributed by atoms with van der Waals surface area (Å²) in [5, 5.41) is 18.1. The van der Waals surface area contributed by atoms with Crippen molar-refractivity contribution in [3.8, 4) is 16.9 Å². The average Bonchev–Trinajstić information content (AvgIpc) is 3.03. The van der Waals surface area contributed by atoms with Crippen molar-refractivity contribution in [3.63, 3.8) is 0 Å². The monoisotopic (exact) mass is 351 g/mol. The van der Waals surface area contributed by atoms with Crippen molar-refractivity contribution in [2.45, 2.75) is 6.54 Å². The highest BCUT2D eigenvalue weighted by molar-refractivity contribution is 6.32. The molecule has 2 N–H and O–H groups in total. The van der Waals surface area contributed by atoms with Gasteiger partial charge in [-0.05, 0) is 46.8 Å². The van der Waals surface area contributed by atoms with Gasteiger partial charge in [-0.15, -0.1) is 0 Å². The molecule has 0 unspecified atom stereocenters. The van der Waals surface area contributed by atoms with Gasteiger partial charge in [-0.25, -0.2) is 0 Å². The number of pyridine rings is 1. The van der Waals surface area contributed by atoms with Crippen molar-refractivity contribution in [3.05, 3.63) is 82.0 Å². The maximum atomic E-state index is 12.7. The molecule has 0 bridgehead atoms. The second kappa shape index (κ2) is 6.11. The van der Waals surface area contributed by atoms with Gasteiger partial charge in [-0.1, -0.05) is 29.8 Å². The molecule has 0 saturated heterocycles. The summed E-state index contributed by atoms with van der Waals surface area (Å²) in [5.41, 5.74) is 2.48. The van der Waals surface area contributed by atoms with Gasteiger partial charge in [0.05, 0.1) is 6.54 Å². The Hall–Kier alpha value is -3.05. The highest BCUT2D eigenvalue weighted by atomic mass is 35.5.